The summed E-state index contributed by atoms with van der Waals surface area (Å²) in [6, 6.07) is 4.75. The molecule has 0 fully saturated rings. The molecule has 1 N–H and O–H groups in total. The van der Waals surface area contributed by atoms with E-state index in [1.807, 2.05) is 0 Å². The molecule has 0 aliphatic heterocycles. The fraction of sp³-hybridized carbons (Fsp3) is 0.182. The third-order valence-electron chi connectivity index (χ3n) is 2.26. The summed E-state index contributed by atoms with van der Waals surface area (Å²) in [6.07, 6.45) is 0. The van der Waals surface area contributed by atoms with Gasteiger partial charge in [-0.15, -0.1) is 11.3 Å². The summed E-state index contributed by atoms with van der Waals surface area (Å²) in [5, 5.41) is 14.7. The van der Waals surface area contributed by atoms with Gasteiger partial charge in [-0.3, -0.25) is 4.79 Å². The van der Waals surface area contributed by atoms with Gasteiger partial charge in [-0.05, 0) is 30.0 Å². The predicted octanol–water partition coefficient (Wildman–Crippen LogP) is 1.36. The van der Waals surface area contributed by atoms with E-state index in [0.29, 0.717) is 5.56 Å². The van der Waals surface area contributed by atoms with Crippen LogP contribution in [-0.4, -0.2) is 20.9 Å². The zero-order valence-electron chi connectivity index (χ0n) is 9.08. The molecule has 0 radical (unpaired) electrons. The van der Waals surface area contributed by atoms with E-state index in [9.17, 15) is 9.59 Å². The van der Waals surface area contributed by atoms with Gasteiger partial charge in [-0.2, -0.15) is 5.10 Å². The zero-order chi connectivity index (χ0) is 12.4. The molecule has 5 nitrogen and oxygen atoms in total. The monoisotopic (exact) mass is 250 g/mol. The van der Waals surface area contributed by atoms with Gasteiger partial charge in [0.1, 0.15) is 4.88 Å². The highest BCUT2D eigenvalue weighted by Gasteiger charge is 2.12. The minimum atomic E-state index is -0.976. The molecule has 0 bridgehead atoms. The zero-order valence-corrected chi connectivity index (χ0v) is 9.90. The fourth-order valence-corrected chi connectivity index (χ4v) is 2.23. The summed E-state index contributed by atoms with van der Waals surface area (Å²) in [5.41, 5.74) is 1.08. The number of thiophene rings is 1. The van der Waals surface area contributed by atoms with Crippen LogP contribution in [0.1, 0.15) is 20.9 Å². The van der Waals surface area contributed by atoms with Gasteiger partial charge >= 0.3 is 5.97 Å². The van der Waals surface area contributed by atoms with Crippen LogP contribution < -0.4 is 5.56 Å². The maximum Gasteiger partial charge on any atom is 0.346 e. The Labute approximate surface area is 101 Å². The van der Waals surface area contributed by atoms with E-state index in [2.05, 4.69) is 5.10 Å². The normalized spacial score (nSPS) is 10.4. The fourth-order valence-electron chi connectivity index (χ4n) is 1.47. The SMILES string of the molecule is Cc1ccc(=O)n(Cc2ccsc2C(=O)O)n1. The molecule has 0 atom stereocenters. The summed E-state index contributed by atoms with van der Waals surface area (Å²) in [7, 11) is 0. The molecule has 2 rings (SSSR count). The van der Waals surface area contributed by atoms with Gasteiger partial charge in [0, 0.05) is 6.07 Å². The Morgan fingerprint density at radius 2 is 2.24 bits per heavy atom. The Bertz CT molecular complexity index is 615. The highest BCUT2D eigenvalue weighted by molar-refractivity contribution is 7.12. The average molecular weight is 250 g/mol. The summed E-state index contributed by atoms with van der Waals surface area (Å²) >= 11 is 1.14. The van der Waals surface area contributed by atoms with Crippen molar-refractivity contribution in [1.29, 1.82) is 0 Å². The molecule has 17 heavy (non-hydrogen) atoms. The van der Waals surface area contributed by atoms with Gasteiger partial charge in [-0.1, -0.05) is 0 Å². The molecule has 0 aliphatic carbocycles. The number of aryl methyl sites for hydroxylation is 1. The molecule has 2 heterocycles. The topological polar surface area (TPSA) is 72.2 Å². The molecule has 0 aromatic carbocycles. The Balaban J connectivity index is 2.38. The number of aromatic carboxylic acids is 1. The van der Waals surface area contributed by atoms with Gasteiger partial charge in [0.25, 0.3) is 5.56 Å². The van der Waals surface area contributed by atoms with Crippen molar-refractivity contribution in [3.8, 4) is 0 Å². The molecule has 88 valence electrons. The Morgan fingerprint density at radius 3 is 2.94 bits per heavy atom. The largest absolute Gasteiger partial charge is 0.477 e. The van der Waals surface area contributed by atoms with E-state index < -0.39 is 5.97 Å². The average Bonchev–Trinajstić information content (AvgIpc) is 2.71. The van der Waals surface area contributed by atoms with Gasteiger partial charge in [0.2, 0.25) is 0 Å². The van der Waals surface area contributed by atoms with Gasteiger partial charge < -0.3 is 5.11 Å². The molecule has 0 saturated heterocycles. The van der Waals surface area contributed by atoms with Crippen LogP contribution in [0.25, 0.3) is 0 Å². The lowest BCUT2D eigenvalue weighted by Gasteiger charge is -2.04. The number of nitrogens with zero attached hydrogens (tertiary/aromatic N) is 2. The van der Waals surface area contributed by atoms with Crippen molar-refractivity contribution in [2.75, 3.05) is 0 Å². The Kier molecular flexibility index (Phi) is 3.06. The van der Waals surface area contributed by atoms with E-state index in [1.54, 1.807) is 24.4 Å². The van der Waals surface area contributed by atoms with Crippen molar-refractivity contribution < 1.29 is 9.90 Å². The van der Waals surface area contributed by atoms with E-state index in [0.717, 1.165) is 17.0 Å². The quantitative estimate of drug-likeness (QED) is 0.892. The molecule has 0 unspecified atom stereocenters. The number of hydrogen-bond donors (Lipinski definition) is 1. The van der Waals surface area contributed by atoms with Crippen LogP contribution in [0.3, 0.4) is 0 Å². The third kappa shape index (κ3) is 2.42. The molecular formula is C11H10N2O3S. The van der Waals surface area contributed by atoms with E-state index in [-0.39, 0.29) is 17.0 Å². The molecule has 0 amide bonds. The van der Waals surface area contributed by atoms with E-state index in [1.165, 1.54) is 10.7 Å². The van der Waals surface area contributed by atoms with Crippen LogP contribution in [0.2, 0.25) is 0 Å². The molecular weight excluding hydrogens is 240 g/mol. The number of hydrogen-bond acceptors (Lipinski definition) is 4. The second-order valence-corrected chi connectivity index (χ2v) is 4.47. The third-order valence-corrected chi connectivity index (χ3v) is 3.21. The Morgan fingerprint density at radius 1 is 1.47 bits per heavy atom. The first-order valence-electron chi connectivity index (χ1n) is 4.92. The number of aromatic nitrogens is 2. The number of carboxylic acid groups (broad SMARTS) is 1. The number of rotatable bonds is 3. The van der Waals surface area contributed by atoms with Crippen molar-refractivity contribution in [2.24, 2.45) is 0 Å². The molecule has 6 heteroatoms. The summed E-state index contributed by atoms with van der Waals surface area (Å²) < 4.78 is 1.27. The van der Waals surface area contributed by atoms with Crippen molar-refractivity contribution in [3.05, 3.63) is 50.1 Å². The van der Waals surface area contributed by atoms with Gasteiger partial charge in [-0.25, -0.2) is 9.48 Å². The lowest BCUT2D eigenvalue weighted by Crippen LogP contribution is -2.23. The van der Waals surface area contributed by atoms with Crippen molar-refractivity contribution in [3.63, 3.8) is 0 Å². The van der Waals surface area contributed by atoms with Gasteiger partial charge in [0.15, 0.2) is 0 Å². The maximum absolute atomic E-state index is 11.5. The predicted molar refractivity (Wildman–Crippen MR) is 63.6 cm³/mol. The molecule has 0 aliphatic rings. The van der Waals surface area contributed by atoms with Crippen molar-refractivity contribution in [2.45, 2.75) is 13.5 Å². The first-order chi connectivity index (χ1) is 8.08. The second-order valence-electron chi connectivity index (χ2n) is 3.55. The lowest BCUT2D eigenvalue weighted by atomic mass is 10.2. The lowest BCUT2D eigenvalue weighted by molar-refractivity contribution is 0.0701. The van der Waals surface area contributed by atoms with E-state index >= 15 is 0 Å². The van der Waals surface area contributed by atoms with Crippen LogP contribution in [0.4, 0.5) is 0 Å². The van der Waals surface area contributed by atoms with Crippen molar-refractivity contribution >= 4 is 17.3 Å². The van der Waals surface area contributed by atoms with Crippen molar-refractivity contribution in [1.82, 2.24) is 9.78 Å². The molecule has 0 spiro atoms. The molecule has 2 aromatic heterocycles. The summed E-state index contributed by atoms with van der Waals surface area (Å²) in [6.45, 7) is 1.97. The smallest absolute Gasteiger partial charge is 0.346 e. The van der Waals surface area contributed by atoms with Crippen LogP contribution in [-0.2, 0) is 6.54 Å². The first-order valence-corrected chi connectivity index (χ1v) is 5.80. The summed E-state index contributed by atoms with van der Waals surface area (Å²) in [5.74, 6) is -0.976. The van der Waals surface area contributed by atoms with Gasteiger partial charge in [0.05, 0.1) is 12.2 Å². The molecule has 2 aromatic rings. The number of carboxylic acids is 1. The second kappa shape index (κ2) is 4.50. The minimum Gasteiger partial charge on any atom is -0.477 e. The highest BCUT2D eigenvalue weighted by Crippen LogP contribution is 2.17. The van der Waals surface area contributed by atoms with Crippen LogP contribution >= 0.6 is 11.3 Å². The maximum atomic E-state index is 11.5. The first kappa shape index (κ1) is 11.5. The van der Waals surface area contributed by atoms with Crippen LogP contribution in [0.15, 0.2) is 28.4 Å². The van der Waals surface area contributed by atoms with Crippen LogP contribution in [0, 0.1) is 6.92 Å². The Hall–Kier alpha value is -1.95. The van der Waals surface area contributed by atoms with Crippen LogP contribution in [0.5, 0.6) is 0 Å². The van der Waals surface area contributed by atoms with E-state index in [4.69, 9.17) is 5.11 Å². The summed E-state index contributed by atoms with van der Waals surface area (Å²) in [4.78, 5) is 22.7. The standard InChI is InChI=1S/C11H10N2O3S/c1-7-2-3-9(14)13(12-7)6-8-4-5-17-10(8)11(15)16/h2-5H,6H2,1H3,(H,15,16). The minimum absolute atomic E-state index is 0.186. The number of carbonyl (C=O) groups is 1. The molecule has 0 saturated carbocycles. The highest BCUT2D eigenvalue weighted by atomic mass is 32.1.